The highest BCUT2D eigenvalue weighted by molar-refractivity contribution is 5.98. The Morgan fingerprint density at radius 1 is 1.24 bits per heavy atom. The number of benzene rings is 1. The zero-order chi connectivity index (χ0) is 20.5. The van der Waals surface area contributed by atoms with Crippen molar-refractivity contribution in [2.45, 2.75) is 33.2 Å². The van der Waals surface area contributed by atoms with E-state index in [0.717, 1.165) is 39.0 Å². The maximum Gasteiger partial charge on any atom is 0.259 e. The molecule has 0 radical (unpaired) electrons. The van der Waals surface area contributed by atoms with Crippen molar-refractivity contribution in [3.63, 3.8) is 0 Å². The minimum Gasteiger partial charge on any atom is -0.367 e. The Hall–Kier alpha value is -2.41. The van der Waals surface area contributed by atoms with E-state index in [1.807, 2.05) is 16.4 Å². The Kier molecular flexibility index (Phi) is 5.58. The highest BCUT2D eigenvalue weighted by Gasteiger charge is 2.26. The van der Waals surface area contributed by atoms with Gasteiger partial charge in [0.25, 0.3) is 5.91 Å². The molecule has 2 fully saturated rings. The number of nitrogens with one attached hydrogen (secondary N) is 1. The second-order valence-electron chi connectivity index (χ2n) is 8.21. The quantitative estimate of drug-likeness (QED) is 0.860. The number of nitrogens with zero attached hydrogens (tertiary/aromatic N) is 3. The van der Waals surface area contributed by atoms with Crippen LogP contribution in [0.3, 0.4) is 0 Å². The Bertz CT molecular complexity index is 981. The summed E-state index contributed by atoms with van der Waals surface area (Å²) < 4.78 is 16.8. The molecular weight excluding hydrogens is 371 g/mol. The fourth-order valence-corrected chi connectivity index (χ4v) is 4.51. The lowest BCUT2D eigenvalue weighted by Gasteiger charge is -2.31. The topological polar surface area (TPSA) is 57.6 Å². The number of likely N-dealkylation sites (tertiary alicyclic amines) is 1. The second-order valence-corrected chi connectivity index (χ2v) is 8.21. The van der Waals surface area contributed by atoms with E-state index in [-0.39, 0.29) is 22.3 Å². The number of amides is 1. The fraction of sp³-hybridized carbons (Fsp3) is 0.545. The van der Waals surface area contributed by atoms with Crippen molar-refractivity contribution in [2.75, 3.05) is 44.2 Å². The predicted octanol–water partition coefficient (Wildman–Crippen LogP) is 2.44. The number of hydrogen-bond acceptors (Lipinski definition) is 4. The number of fused-ring (bicyclic) bond motifs is 1. The molecule has 7 heteroatoms. The van der Waals surface area contributed by atoms with Gasteiger partial charge in [0.05, 0.1) is 11.2 Å². The van der Waals surface area contributed by atoms with Crippen molar-refractivity contribution in [1.29, 1.82) is 0 Å². The molecule has 4 rings (SSSR count). The molecule has 3 heterocycles. The number of anilines is 1. The predicted molar refractivity (Wildman–Crippen MR) is 113 cm³/mol. The van der Waals surface area contributed by atoms with Gasteiger partial charge in [-0.1, -0.05) is 6.92 Å². The number of hydrogen-bond donors (Lipinski definition) is 1. The summed E-state index contributed by atoms with van der Waals surface area (Å²) >= 11 is 0. The van der Waals surface area contributed by atoms with Gasteiger partial charge < -0.3 is 19.7 Å². The maximum absolute atomic E-state index is 15.0. The summed E-state index contributed by atoms with van der Waals surface area (Å²) in [5.41, 5.74) is 0.960. The first-order valence-electron chi connectivity index (χ1n) is 10.6. The Labute approximate surface area is 170 Å². The fourth-order valence-electron chi connectivity index (χ4n) is 4.51. The van der Waals surface area contributed by atoms with E-state index in [9.17, 15) is 14.0 Å². The van der Waals surface area contributed by atoms with Gasteiger partial charge in [-0.05, 0) is 37.8 Å². The molecular formula is C22H29FN4O2. The van der Waals surface area contributed by atoms with Crippen LogP contribution < -0.4 is 15.6 Å². The molecule has 0 saturated carbocycles. The number of aromatic nitrogens is 1. The number of piperidine rings is 1. The van der Waals surface area contributed by atoms with Crippen LogP contribution in [0.25, 0.3) is 10.9 Å². The first-order valence-corrected chi connectivity index (χ1v) is 10.6. The molecule has 1 N–H and O–H groups in total. The minimum atomic E-state index is -0.407. The van der Waals surface area contributed by atoms with E-state index >= 15 is 0 Å². The number of piperazine rings is 1. The van der Waals surface area contributed by atoms with Gasteiger partial charge in [0.1, 0.15) is 11.4 Å². The van der Waals surface area contributed by atoms with Crippen molar-refractivity contribution in [3.8, 4) is 0 Å². The lowest BCUT2D eigenvalue weighted by atomic mass is 9.99. The second kappa shape index (κ2) is 8.14. The van der Waals surface area contributed by atoms with Crippen LogP contribution in [0.1, 0.15) is 37.0 Å². The molecule has 1 aromatic heterocycles. The smallest absolute Gasteiger partial charge is 0.259 e. The minimum absolute atomic E-state index is 0.141. The van der Waals surface area contributed by atoms with E-state index in [0.29, 0.717) is 36.8 Å². The zero-order valence-electron chi connectivity index (χ0n) is 17.2. The summed E-state index contributed by atoms with van der Waals surface area (Å²) in [4.78, 5) is 30.0. The Morgan fingerprint density at radius 2 is 2.00 bits per heavy atom. The summed E-state index contributed by atoms with van der Waals surface area (Å²) in [6.07, 6.45) is 3.71. The molecule has 1 amide bonds. The molecule has 0 bridgehead atoms. The number of aryl methyl sites for hydroxylation is 1. The van der Waals surface area contributed by atoms with Gasteiger partial charge in [-0.15, -0.1) is 0 Å². The molecule has 6 nitrogen and oxygen atoms in total. The molecule has 29 heavy (non-hydrogen) atoms. The van der Waals surface area contributed by atoms with Gasteiger partial charge in [-0.2, -0.15) is 0 Å². The molecule has 2 aromatic rings. The lowest BCUT2D eigenvalue weighted by Crippen LogP contribution is -2.44. The first-order chi connectivity index (χ1) is 14.0. The van der Waals surface area contributed by atoms with E-state index in [4.69, 9.17) is 0 Å². The Morgan fingerprint density at radius 3 is 2.69 bits per heavy atom. The number of halogens is 1. The van der Waals surface area contributed by atoms with Crippen LogP contribution in [-0.4, -0.2) is 54.6 Å². The molecule has 1 atom stereocenters. The van der Waals surface area contributed by atoms with E-state index in [1.54, 1.807) is 17.2 Å². The van der Waals surface area contributed by atoms with Crippen LogP contribution in [-0.2, 0) is 6.54 Å². The zero-order valence-corrected chi connectivity index (χ0v) is 17.2. The third-order valence-corrected chi connectivity index (χ3v) is 6.12. The van der Waals surface area contributed by atoms with E-state index < -0.39 is 5.82 Å². The van der Waals surface area contributed by atoms with Gasteiger partial charge in [0.15, 0.2) is 0 Å². The van der Waals surface area contributed by atoms with E-state index in [2.05, 4.69) is 12.2 Å². The Balaban J connectivity index is 1.79. The van der Waals surface area contributed by atoms with Crippen molar-refractivity contribution in [1.82, 2.24) is 14.8 Å². The van der Waals surface area contributed by atoms with Crippen molar-refractivity contribution in [3.05, 3.63) is 39.9 Å². The SMILES string of the molecule is CCn1cc(C(=O)N2CCCC(C)C2)c(=O)c2cc(F)c(N3CCNCC3)cc21. The molecule has 2 saturated heterocycles. The first kappa shape index (κ1) is 19.9. The highest BCUT2D eigenvalue weighted by Crippen LogP contribution is 2.26. The molecule has 1 unspecified atom stereocenters. The highest BCUT2D eigenvalue weighted by atomic mass is 19.1. The van der Waals surface area contributed by atoms with Gasteiger partial charge in [-0.3, -0.25) is 9.59 Å². The summed E-state index contributed by atoms with van der Waals surface area (Å²) in [7, 11) is 0. The summed E-state index contributed by atoms with van der Waals surface area (Å²) in [6.45, 7) is 9.08. The number of pyridine rings is 1. The third-order valence-electron chi connectivity index (χ3n) is 6.12. The summed E-state index contributed by atoms with van der Waals surface area (Å²) in [5.74, 6) is -0.215. The molecule has 0 spiro atoms. The standard InChI is InChI=1S/C22H29FN4O2/c1-3-25-14-17(22(29)27-8-4-5-15(2)13-27)21(28)16-11-18(23)20(12-19(16)25)26-9-6-24-7-10-26/h11-12,14-15,24H,3-10,13H2,1-2H3. The van der Waals surface area contributed by atoms with Crippen LogP contribution in [0.15, 0.2) is 23.1 Å². The molecule has 2 aliphatic heterocycles. The van der Waals surface area contributed by atoms with Crippen molar-refractivity contribution in [2.24, 2.45) is 5.92 Å². The lowest BCUT2D eigenvalue weighted by molar-refractivity contribution is 0.0681. The van der Waals surface area contributed by atoms with Gasteiger partial charge in [0.2, 0.25) is 5.43 Å². The van der Waals surface area contributed by atoms with Gasteiger partial charge in [0, 0.05) is 57.4 Å². The third kappa shape index (κ3) is 3.75. The van der Waals surface area contributed by atoms with Gasteiger partial charge in [-0.25, -0.2) is 4.39 Å². The molecule has 2 aliphatic rings. The van der Waals surface area contributed by atoms with Gasteiger partial charge >= 0.3 is 0 Å². The molecule has 156 valence electrons. The van der Waals surface area contributed by atoms with Crippen molar-refractivity contribution < 1.29 is 9.18 Å². The maximum atomic E-state index is 15.0. The number of rotatable bonds is 3. The van der Waals surface area contributed by atoms with Crippen LogP contribution in [0.4, 0.5) is 10.1 Å². The van der Waals surface area contributed by atoms with Crippen LogP contribution in [0.2, 0.25) is 0 Å². The average molecular weight is 400 g/mol. The largest absolute Gasteiger partial charge is 0.367 e. The van der Waals surface area contributed by atoms with Crippen molar-refractivity contribution >= 4 is 22.5 Å². The van der Waals surface area contributed by atoms with Crippen LogP contribution >= 0.6 is 0 Å². The van der Waals surface area contributed by atoms with E-state index in [1.165, 1.54) is 6.07 Å². The van der Waals surface area contributed by atoms with Crippen LogP contribution in [0.5, 0.6) is 0 Å². The number of carbonyl (C=O) groups is 1. The molecule has 0 aliphatic carbocycles. The average Bonchev–Trinajstić information content (AvgIpc) is 2.74. The van der Waals surface area contributed by atoms with Crippen LogP contribution in [0, 0.1) is 11.7 Å². The molecule has 1 aromatic carbocycles. The monoisotopic (exact) mass is 400 g/mol. The summed E-state index contributed by atoms with van der Waals surface area (Å²) in [5, 5.41) is 3.54. The summed E-state index contributed by atoms with van der Waals surface area (Å²) in [6, 6.07) is 3.08. The normalized spacial score (nSPS) is 20.3. The number of carbonyl (C=O) groups excluding carboxylic acids is 1.